The molecule has 0 saturated heterocycles. The fraction of sp³-hybridized carbons (Fsp3) is 0.222. The Balaban J connectivity index is 2.70. The quantitative estimate of drug-likeness (QED) is 0.431. The summed E-state index contributed by atoms with van der Waals surface area (Å²) < 4.78 is 36.5. The van der Waals surface area contributed by atoms with Crippen LogP contribution < -0.4 is 26.5 Å². The second-order valence-electron chi connectivity index (χ2n) is 5.72. The second-order valence-corrected chi connectivity index (χ2v) is 5.72. The number of aromatic nitrogens is 2. The maximum Gasteiger partial charge on any atom is 0.387 e. The van der Waals surface area contributed by atoms with Gasteiger partial charge in [0.1, 0.15) is 23.0 Å². The lowest BCUT2D eigenvalue weighted by molar-refractivity contribution is -0.0513. The summed E-state index contributed by atoms with van der Waals surface area (Å²) in [6, 6.07) is 5.71. The number of nitrogen functional groups attached to an aromatic ring is 1. The Kier molecular flexibility index (Phi) is 6.18. The number of nitriles is 1. The normalized spacial score (nSPS) is 11.3. The predicted octanol–water partition coefficient (Wildman–Crippen LogP) is 1.07. The summed E-state index contributed by atoms with van der Waals surface area (Å²) in [5.74, 6) is -1.96. The summed E-state index contributed by atoms with van der Waals surface area (Å²) in [6.45, 7) is -3.19. The number of nitrogens with zero attached hydrogens (tertiary/aromatic N) is 3. The van der Waals surface area contributed by atoms with Gasteiger partial charge in [0.05, 0.1) is 7.11 Å². The highest BCUT2D eigenvalue weighted by Gasteiger charge is 2.24. The third-order valence-electron chi connectivity index (χ3n) is 4.04. The number of hydrogen-bond donors (Lipinski definition) is 1. The van der Waals surface area contributed by atoms with E-state index in [1.807, 2.05) is 0 Å². The van der Waals surface area contributed by atoms with Crippen molar-refractivity contribution in [1.29, 1.82) is 5.26 Å². The van der Waals surface area contributed by atoms with E-state index in [1.54, 1.807) is 6.07 Å². The monoisotopic (exact) mass is 406 g/mol. The number of halogens is 2. The Hall–Kier alpha value is -3.94. The van der Waals surface area contributed by atoms with Crippen LogP contribution in [0.15, 0.2) is 33.4 Å². The molecule has 2 aromatic rings. The van der Waals surface area contributed by atoms with Crippen molar-refractivity contribution in [3.05, 3.63) is 55.7 Å². The third kappa shape index (κ3) is 4.01. The average molecular weight is 406 g/mol. The highest BCUT2D eigenvalue weighted by molar-refractivity contribution is 6.16. The van der Waals surface area contributed by atoms with Crippen LogP contribution in [0.4, 0.5) is 14.6 Å². The van der Waals surface area contributed by atoms with Gasteiger partial charge in [-0.1, -0.05) is 12.1 Å². The molecular weight excluding hydrogens is 390 g/mol. The first kappa shape index (κ1) is 21.4. The van der Waals surface area contributed by atoms with Gasteiger partial charge in [0.2, 0.25) is 5.78 Å². The molecule has 2 N–H and O–H groups in total. The molecule has 1 heterocycles. The fourth-order valence-corrected chi connectivity index (χ4v) is 2.53. The van der Waals surface area contributed by atoms with Crippen molar-refractivity contribution >= 4 is 17.7 Å². The zero-order valence-corrected chi connectivity index (χ0v) is 15.6. The van der Waals surface area contributed by atoms with E-state index in [-0.39, 0.29) is 11.3 Å². The number of rotatable bonds is 6. The molecule has 0 atom stereocenters. The number of ketones is 1. The Labute approximate surface area is 162 Å². The lowest BCUT2D eigenvalue weighted by atomic mass is 10.0. The lowest BCUT2D eigenvalue weighted by Gasteiger charge is -2.13. The molecule has 0 amide bonds. The van der Waals surface area contributed by atoms with Crippen LogP contribution in [0.1, 0.15) is 15.9 Å². The van der Waals surface area contributed by atoms with Gasteiger partial charge in [-0.25, -0.2) is 4.79 Å². The van der Waals surface area contributed by atoms with Gasteiger partial charge in [-0.2, -0.15) is 14.0 Å². The highest BCUT2D eigenvalue weighted by Crippen LogP contribution is 2.34. The molecule has 2 rings (SSSR count). The van der Waals surface area contributed by atoms with Crippen LogP contribution in [0.2, 0.25) is 0 Å². The van der Waals surface area contributed by atoms with E-state index < -0.39 is 46.3 Å². The van der Waals surface area contributed by atoms with Crippen LogP contribution in [-0.4, -0.2) is 28.6 Å². The Bertz CT molecular complexity index is 1160. The largest absolute Gasteiger partial charge is 0.493 e. The van der Waals surface area contributed by atoms with Crippen molar-refractivity contribution in [1.82, 2.24) is 9.13 Å². The molecular formula is C18H16F2N4O5. The van der Waals surface area contributed by atoms with E-state index >= 15 is 0 Å². The molecule has 0 aliphatic carbocycles. The molecule has 0 fully saturated rings. The minimum Gasteiger partial charge on any atom is -0.493 e. The van der Waals surface area contributed by atoms with Crippen LogP contribution in [-0.2, 0) is 14.1 Å². The minimum atomic E-state index is -3.19. The molecule has 0 spiro atoms. The average Bonchev–Trinajstić information content (AvgIpc) is 2.69. The predicted molar refractivity (Wildman–Crippen MR) is 98.9 cm³/mol. The van der Waals surface area contributed by atoms with Crippen LogP contribution in [0.5, 0.6) is 11.5 Å². The zero-order chi connectivity index (χ0) is 21.9. The molecule has 152 valence electrons. The van der Waals surface area contributed by atoms with Gasteiger partial charge in [-0.05, 0) is 12.1 Å². The number of anilines is 1. The van der Waals surface area contributed by atoms with Crippen LogP contribution in [0, 0.1) is 11.3 Å². The number of hydrogen-bond acceptors (Lipinski definition) is 7. The summed E-state index contributed by atoms with van der Waals surface area (Å²) in [6.07, 6.45) is 0.965. The van der Waals surface area contributed by atoms with E-state index in [4.69, 9.17) is 10.5 Å². The second kappa shape index (κ2) is 8.39. The molecule has 0 aliphatic rings. The number of nitrogens with two attached hydrogens (primary N) is 1. The van der Waals surface area contributed by atoms with Gasteiger partial charge in [-0.15, -0.1) is 0 Å². The smallest absolute Gasteiger partial charge is 0.387 e. The van der Waals surface area contributed by atoms with Gasteiger partial charge in [0.15, 0.2) is 11.5 Å². The molecule has 1 aromatic carbocycles. The van der Waals surface area contributed by atoms with Crippen LogP contribution in [0.25, 0.3) is 6.08 Å². The van der Waals surface area contributed by atoms with E-state index in [2.05, 4.69) is 4.74 Å². The first-order valence-corrected chi connectivity index (χ1v) is 7.97. The van der Waals surface area contributed by atoms with Crippen LogP contribution in [0.3, 0.4) is 0 Å². The van der Waals surface area contributed by atoms with E-state index in [0.29, 0.717) is 4.57 Å². The summed E-state index contributed by atoms with van der Waals surface area (Å²) >= 11 is 0. The molecule has 11 heteroatoms. The number of allylic oxidation sites excluding steroid dienone is 1. The summed E-state index contributed by atoms with van der Waals surface area (Å²) in [4.78, 5) is 37.1. The first-order chi connectivity index (χ1) is 13.6. The molecule has 0 aliphatic heterocycles. The summed E-state index contributed by atoms with van der Waals surface area (Å²) in [5, 5.41) is 9.42. The molecule has 0 unspecified atom stereocenters. The number of ether oxygens (including phenoxy) is 2. The van der Waals surface area contributed by atoms with Gasteiger partial charge in [-0.3, -0.25) is 18.7 Å². The number of para-hydroxylation sites is 1. The van der Waals surface area contributed by atoms with E-state index in [0.717, 1.165) is 17.7 Å². The summed E-state index contributed by atoms with van der Waals surface area (Å²) in [5.41, 5.74) is 2.74. The van der Waals surface area contributed by atoms with Crippen molar-refractivity contribution in [3.8, 4) is 17.6 Å². The Morgan fingerprint density at radius 3 is 2.48 bits per heavy atom. The van der Waals surface area contributed by atoms with Gasteiger partial charge in [0.25, 0.3) is 5.56 Å². The van der Waals surface area contributed by atoms with Crippen molar-refractivity contribution in [2.75, 3.05) is 12.8 Å². The maximum absolute atomic E-state index is 12.8. The molecule has 9 nitrogen and oxygen atoms in total. The minimum absolute atomic E-state index is 0.0543. The molecule has 0 saturated carbocycles. The Morgan fingerprint density at radius 1 is 1.28 bits per heavy atom. The SMILES string of the molecule is COc1cccc(/C=C(\C#N)C(=O)c2c(N)n(C)c(=O)n(C)c2=O)c1OC(F)F. The molecule has 0 bridgehead atoms. The molecule has 1 aromatic heterocycles. The number of carbonyl (C=O) groups excluding carboxylic acids is 1. The Morgan fingerprint density at radius 2 is 1.93 bits per heavy atom. The highest BCUT2D eigenvalue weighted by atomic mass is 19.3. The topological polar surface area (TPSA) is 129 Å². The van der Waals surface area contributed by atoms with Crippen LogP contribution >= 0.6 is 0 Å². The van der Waals surface area contributed by atoms with Gasteiger partial charge >= 0.3 is 12.3 Å². The van der Waals surface area contributed by atoms with Crippen molar-refractivity contribution in [2.45, 2.75) is 6.61 Å². The fourth-order valence-electron chi connectivity index (χ4n) is 2.53. The van der Waals surface area contributed by atoms with Crippen molar-refractivity contribution < 1.29 is 23.0 Å². The van der Waals surface area contributed by atoms with Crippen molar-refractivity contribution in [2.24, 2.45) is 14.1 Å². The molecule has 0 radical (unpaired) electrons. The maximum atomic E-state index is 12.8. The number of alkyl halides is 2. The number of methoxy groups -OCH3 is 1. The van der Waals surface area contributed by atoms with Crippen molar-refractivity contribution in [3.63, 3.8) is 0 Å². The number of carbonyl (C=O) groups is 1. The zero-order valence-electron chi connectivity index (χ0n) is 15.6. The third-order valence-corrected chi connectivity index (χ3v) is 4.04. The van der Waals surface area contributed by atoms with Gasteiger partial charge in [0, 0.05) is 19.7 Å². The van der Waals surface area contributed by atoms with E-state index in [1.165, 1.54) is 32.4 Å². The van der Waals surface area contributed by atoms with Gasteiger partial charge < -0.3 is 15.2 Å². The first-order valence-electron chi connectivity index (χ1n) is 7.97. The standard InChI is InChI=1S/C18H16F2N4O5/c1-23-15(22)12(16(26)24(2)18(23)27)13(25)10(8-21)7-9-5-4-6-11(28-3)14(9)29-17(19)20/h4-7,17H,22H2,1-3H3/b10-7+. The molecule has 29 heavy (non-hydrogen) atoms. The van der Waals surface area contributed by atoms with E-state index in [9.17, 15) is 28.4 Å². The summed E-state index contributed by atoms with van der Waals surface area (Å²) in [7, 11) is 3.62. The number of Topliss-reactive ketones (excluding diaryl/α,β-unsaturated/α-hetero) is 1. The number of benzene rings is 1. The lowest BCUT2D eigenvalue weighted by Crippen LogP contribution is -2.41.